The second-order valence-electron chi connectivity index (χ2n) is 16.1. The maximum atomic E-state index is 6.39. The Morgan fingerprint density at radius 1 is 0.323 bits per heavy atom. The van der Waals surface area contributed by atoms with Gasteiger partial charge >= 0.3 is 0 Å². The fourth-order valence-electron chi connectivity index (χ4n) is 9.74. The van der Waals surface area contributed by atoms with Crippen LogP contribution >= 0.6 is 0 Å². The Balaban J connectivity index is 0.968. The fraction of sp³-hybridized carbons (Fsp3) is 0.0169. The molecule has 290 valence electrons. The van der Waals surface area contributed by atoms with Gasteiger partial charge in [0.05, 0.1) is 16.8 Å². The summed E-state index contributed by atoms with van der Waals surface area (Å²) in [5.41, 5.74) is 18.1. The maximum absolute atomic E-state index is 6.39. The van der Waals surface area contributed by atoms with E-state index < -0.39 is 5.41 Å². The summed E-state index contributed by atoms with van der Waals surface area (Å²) in [6, 6.07) is 82.2. The topological polar surface area (TPSA) is 38.9 Å². The van der Waals surface area contributed by atoms with Gasteiger partial charge in [0.15, 0.2) is 5.82 Å². The van der Waals surface area contributed by atoms with Gasteiger partial charge in [0, 0.05) is 33.0 Å². The highest BCUT2D eigenvalue weighted by Crippen LogP contribution is 2.56. The first-order valence-electron chi connectivity index (χ1n) is 21.1. The molecule has 0 radical (unpaired) electrons. The van der Waals surface area contributed by atoms with E-state index in [0.717, 1.165) is 72.3 Å². The lowest BCUT2D eigenvalue weighted by atomic mass is 9.67. The highest BCUT2D eigenvalue weighted by molar-refractivity contribution is 6.09. The van der Waals surface area contributed by atoms with Crippen LogP contribution in [0.2, 0.25) is 0 Å². The quantitative estimate of drug-likeness (QED) is 0.161. The van der Waals surface area contributed by atoms with E-state index in [1.165, 1.54) is 33.4 Å². The van der Waals surface area contributed by atoms with Crippen molar-refractivity contribution in [1.29, 1.82) is 0 Å². The van der Waals surface area contributed by atoms with Crippen molar-refractivity contribution >= 4 is 21.9 Å². The van der Waals surface area contributed by atoms with Gasteiger partial charge in [-0.3, -0.25) is 0 Å². The summed E-state index contributed by atoms with van der Waals surface area (Å²) in [4.78, 5) is 10.4. The van der Waals surface area contributed by atoms with E-state index in [0.29, 0.717) is 5.82 Å². The molecule has 0 atom stereocenters. The Hall–Kier alpha value is -8.14. The minimum atomic E-state index is -0.470. The molecule has 0 saturated heterocycles. The van der Waals surface area contributed by atoms with Crippen LogP contribution < -0.4 is 0 Å². The Morgan fingerprint density at radius 2 is 0.855 bits per heavy atom. The number of furan rings is 1. The average molecular weight is 791 g/mol. The molecule has 12 rings (SSSR count). The van der Waals surface area contributed by atoms with E-state index in [4.69, 9.17) is 14.4 Å². The molecule has 62 heavy (non-hydrogen) atoms. The monoisotopic (exact) mass is 790 g/mol. The summed E-state index contributed by atoms with van der Waals surface area (Å²) >= 11 is 0. The van der Waals surface area contributed by atoms with Gasteiger partial charge in [0.1, 0.15) is 11.2 Å². The Morgan fingerprint density at radius 3 is 1.63 bits per heavy atom. The molecule has 0 amide bonds. The van der Waals surface area contributed by atoms with E-state index >= 15 is 0 Å². The predicted molar refractivity (Wildman–Crippen MR) is 254 cm³/mol. The van der Waals surface area contributed by atoms with Gasteiger partial charge in [-0.25, -0.2) is 9.97 Å². The fourth-order valence-corrected chi connectivity index (χ4v) is 9.74. The van der Waals surface area contributed by atoms with Gasteiger partial charge in [-0.1, -0.05) is 206 Å². The lowest BCUT2D eigenvalue weighted by Gasteiger charge is -2.34. The number of para-hydroxylation sites is 2. The molecule has 0 spiro atoms. The molecule has 0 bridgehead atoms. The molecule has 0 fully saturated rings. The lowest BCUT2D eigenvalue weighted by Crippen LogP contribution is -2.28. The van der Waals surface area contributed by atoms with Crippen molar-refractivity contribution in [2.24, 2.45) is 0 Å². The summed E-state index contributed by atoms with van der Waals surface area (Å²) < 4.78 is 6.39. The smallest absolute Gasteiger partial charge is 0.160 e. The van der Waals surface area contributed by atoms with Gasteiger partial charge in [0.2, 0.25) is 0 Å². The summed E-state index contributed by atoms with van der Waals surface area (Å²) in [6.07, 6.45) is 0. The summed E-state index contributed by atoms with van der Waals surface area (Å²) in [5.74, 6) is 0.686. The van der Waals surface area contributed by atoms with Crippen molar-refractivity contribution in [1.82, 2.24) is 9.97 Å². The molecule has 1 aliphatic carbocycles. The van der Waals surface area contributed by atoms with Crippen molar-refractivity contribution in [3.05, 3.63) is 253 Å². The molecule has 0 unspecified atom stereocenters. The summed E-state index contributed by atoms with van der Waals surface area (Å²) in [5, 5.41) is 2.25. The van der Waals surface area contributed by atoms with Crippen molar-refractivity contribution in [3.8, 4) is 67.3 Å². The van der Waals surface area contributed by atoms with Gasteiger partial charge in [-0.2, -0.15) is 0 Å². The molecule has 9 aromatic carbocycles. The average Bonchev–Trinajstić information content (AvgIpc) is 3.89. The van der Waals surface area contributed by atoms with Gasteiger partial charge in [0.25, 0.3) is 0 Å². The van der Waals surface area contributed by atoms with Gasteiger partial charge in [-0.15, -0.1) is 0 Å². The molecule has 0 N–H and O–H groups in total. The minimum Gasteiger partial charge on any atom is -0.455 e. The first-order valence-corrected chi connectivity index (χ1v) is 21.1. The van der Waals surface area contributed by atoms with Crippen LogP contribution in [0.15, 0.2) is 235 Å². The molecule has 11 aromatic rings. The van der Waals surface area contributed by atoms with Crippen LogP contribution in [-0.2, 0) is 5.41 Å². The second kappa shape index (κ2) is 14.5. The Bertz CT molecular complexity index is 3400. The second-order valence-corrected chi connectivity index (χ2v) is 16.1. The van der Waals surface area contributed by atoms with E-state index in [-0.39, 0.29) is 0 Å². The SMILES string of the molecule is c1ccc(-c2nc(-c3ccc(-c4cccc5c4oc4ccccc45)cc3)cc(-c3cccc(-c4ccc5c(c4)C(c4ccccc4)(c4ccccc4)c4ccccc4-5)c3)n2)cc1. The third-order valence-electron chi connectivity index (χ3n) is 12.6. The first kappa shape index (κ1) is 35.8. The normalized spacial score (nSPS) is 12.6. The standard InChI is InChI=1S/C59H38N2O/c1-4-16-41(17-5-1)58-60-54(40-32-30-39(31-33-40)47-26-15-27-51-50-25-11-13-29-56(50)62-57(47)51)38-55(61-58)44-19-14-18-42(36-44)43-34-35-49-48-24-10-12-28-52(48)59(53(49)37-43,45-20-6-2-7-21-45)46-22-8-3-9-23-46/h1-38H. The molecule has 3 heteroatoms. The van der Waals surface area contributed by atoms with Gasteiger partial charge in [-0.05, 0) is 74.3 Å². The Labute approximate surface area is 360 Å². The minimum absolute atomic E-state index is 0.470. The van der Waals surface area contributed by atoms with Crippen LogP contribution in [0.4, 0.5) is 0 Å². The molecule has 2 heterocycles. The van der Waals surface area contributed by atoms with Crippen LogP contribution in [0, 0.1) is 0 Å². The van der Waals surface area contributed by atoms with Crippen LogP contribution in [0.5, 0.6) is 0 Å². The Kier molecular flexibility index (Phi) is 8.39. The van der Waals surface area contributed by atoms with Crippen LogP contribution in [0.1, 0.15) is 22.3 Å². The van der Waals surface area contributed by atoms with Gasteiger partial charge < -0.3 is 4.42 Å². The number of fused-ring (bicyclic) bond motifs is 6. The molecular formula is C59H38N2O. The number of hydrogen-bond acceptors (Lipinski definition) is 3. The number of benzene rings is 9. The highest BCUT2D eigenvalue weighted by Gasteiger charge is 2.46. The molecule has 0 saturated carbocycles. The highest BCUT2D eigenvalue weighted by atomic mass is 16.3. The van der Waals surface area contributed by atoms with E-state index in [1.54, 1.807) is 0 Å². The van der Waals surface area contributed by atoms with E-state index in [2.05, 4.69) is 200 Å². The van der Waals surface area contributed by atoms with E-state index in [9.17, 15) is 0 Å². The zero-order valence-corrected chi connectivity index (χ0v) is 33.7. The first-order chi connectivity index (χ1) is 30.7. The third kappa shape index (κ3) is 5.74. The number of nitrogens with zero attached hydrogens (tertiary/aromatic N) is 2. The third-order valence-corrected chi connectivity index (χ3v) is 12.6. The molecule has 3 nitrogen and oxygen atoms in total. The zero-order chi connectivity index (χ0) is 41.0. The largest absolute Gasteiger partial charge is 0.455 e. The predicted octanol–water partition coefficient (Wildman–Crippen LogP) is 15.1. The number of rotatable bonds is 7. The molecule has 2 aromatic heterocycles. The van der Waals surface area contributed by atoms with Crippen molar-refractivity contribution in [2.75, 3.05) is 0 Å². The van der Waals surface area contributed by atoms with Crippen LogP contribution in [0.3, 0.4) is 0 Å². The summed E-state index contributed by atoms with van der Waals surface area (Å²) in [6.45, 7) is 0. The molecular weight excluding hydrogens is 753 g/mol. The zero-order valence-electron chi connectivity index (χ0n) is 33.7. The number of hydrogen-bond donors (Lipinski definition) is 0. The van der Waals surface area contributed by atoms with Crippen molar-refractivity contribution in [3.63, 3.8) is 0 Å². The summed E-state index contributed by atoms with van der Waals surface area (Å²) in [7, 11) is 0. The van der Waals surface area contributed by atoms with Crippen molar-refractivity contribution in [2.45, 2.75) is 5.41 Å². The van der Waals surface area contributed by atoms with Crippen molar-refractivity contribution < 1.29 is 4.42 Å². The lowest BCUT2D eigenvalue weighted by molar-refractivity contribution is 0.670. The molecule has 1 aliphatic rings. The van der Waals surface area contributed by atoms with E-state index in [1.807, 2.05) is 30.3 Å². The van der Waals surface area contributed by atoms with Crippen LogP contribution in [0.25, 0.3) is 89.2 Å². The maximum Gasteiger partial charge on any atom is 0.160 e. The number of aromatic nitrogens is 2. The molecule has 0 aliphatic heterocycles. The van der Waals surface area contributed by atoms with Crippen LogP contribution in [-0.4, -0.2) is 9.97 Å².